The molecule has 0 aliphatic heterocycles. The van der Waals surface area contributed by atoms with E-state index >= 15 is 0 Å². The van der Waals surface area contributed by atoms with Crippen molar-refractivity contribution in [1.82, 2.24) is 0 Å². The minimum Gasteiger partial charge on any atom is -0.550 e. The van der Waals surface area contributed by atoms with Crippen LogP contribution in [0.1, 0.15) is 219 Å². The zero-order valence-corrected chi connectivity index (χ0v) is 45.5. The molecular weight excluding hydrogens is 946 g/mol. The third-order valence-corrected chi connectivity index (χ3v) is 11.6. The molecule has 0 N–H and O–H groups in total. The predicted molar refractivity (Wildman–Crippen MR) is 258 cm³/mol. The quantitative estimate of drug-likeness (QED) is 0.0358. The molecule has 0 radical (unpaired) electrons. The van der Waals surface area contributed by atoms with Crippen LogP contribution in [0, 0.1) is 0 Å². The number of hydrogen-bond acceptors (Lipinski definition) is 10. The first-order chi connectivity index (χ1) is 31.0. The van der Waals surface area contributed by atoms with Gasteiger partial charge in [0.15, 0.2) is 0 Å². The zero-order valence-electron chi connectivity index (χ0n) is 41.1. The minimum atomic E-state index is -1.17. The van der Waals surface area contributed by atoms with Crippen LogP contribution < -0.4 is 10.2 Å². The van der Waals surface area contributed by atoms with Crippen molar-refractivity contribution in [3.8, 4) is 0 Å². The van der Waals surface area contributed by atoms with Gasteiger partial charge in [-0.2, -0.15) is 0 Å². The van der Waals surface area contributed by atoms with Gasteiger partial charge in [-0.3, -0.25) is 9.59 Å². The summed E-state index contributed by atoms with van der Waals surface area (Å²) in [5, 5.41) is 21.4. The SMILES string of the molecule is CCC(CCCCCCCCCCCCC(CC(=O)[O-])OC(C)=O)OCc1ccccc1.CCC(CCCCCCCCCCCCC(CC(=O)[O-])OC(C)=O)OCc1ccccc1.[Ba+2]. The average Bonchev–Trinajstić information content (AvgIpc) is 3.26. The van der Waals surface area contributed by atoms with E-state index < -0.39 is 36.1 Å². The smallest absolute Gasteiger partial charge is 0.550 e. The van der Waals surface area contributed by atoms with Crippen molar-refractivity contribution >= 4 is 72.8 Å². The molecule has 10 nitrogen and oxygen atoms in total. The van der Waals surface area contributed by atoms with Crippen molar-refractivity contribution < 1.29 is 48.3 Å². The van der Waals surface area contributed by atoms with Crippen molar-refractivity contribution in [3.05, 3.63) is 71.8 Å². The van der Waals surface area contributed by atoms with Gasteiger partial charge >= 0.3 is 60.8 Å². The van der Waals surface area contributed by atoms with Crippen LogP contribution in [0.3, 0.4) is 0 Å². The first-order valence-corrected chi connectivity index (χ1v) is 25.1. The van der Waals surface area contributed by atoms with E-state index in [0.717, 1.165) is 64.2 Å². The number of unbranched alkanes of at least 4 members (excludes halogenated alkanes) is 18. The second-order valence-corrected chi connectivity index (χ2v) is 17.5. The summed E-state index contributed by atoms with van der Waals surface area (Å²) in [6.07, 6.45) is 28.7. The van der Waals surface area contributed by atoms with Crippen molar-refractivity contribution in [2.24, 2.45) is 0 Å². The zero-order chi connectivity index (χ0) is 46.9. The molecule has 0 aromatic heterocycles. The van der Waals surface area contributed by atoms with Crippen LogP contribution in [-0.4, -0.2) is 97.2 Å². The van der Waals surface area contributed by atoms with Crippen LogP contribution >= 0.6 is 0 Å². The Morgan fingerprint density at radius 2 is 0.662 bits per heavy atom. The second kappa shape index (κ2) is 44.3. The van der Waals surface area contributed by atoms with E-state index in [1.54, 1.807) is 0 Å². The molecule has 2 rings (SSSR count). The van der Waals surface area contributed by atoms with E-state index in [1.807, 2.05) is 12.1 Å². The maximum absolute atomic E-state index is 11.0. The third kappa shape index (κ3) is 40.6. The molecule has 11 heteroatoms. The van der Waals surface area contributed by atoms with Gasteiger partial charge in [-0.15, -0.1) is 0 Å². The number of ether oxygens (including phenoxy) is 4. The minimum absolute atomic E-state index is 0. The van der Waals surface area contributed by atoms with Gasteiger partial charge in [-0.1, -0.05) is 190 Å². The van der Waals surface area contributed by atoms with Gasteiger partial charge in [0.05, 0.1) is 25.4 Å². The van der Waals surface area contributed by atoms with Gasteiger partial charge in [-0.25, -0.2) is 0 Å². The molecule has 2 aromatic rings. The van der Waals surface area contributed by atoms with E-state index in [2.05, 4.69) is 62.4 Å². The Bertz CT molecular complexity index is 1290. The first kappa shape index (κ1) is 62.8. The normalized spacial score (nSPS) is 12.7. The molecule has 0 fully saturated rings. The van der Waals surface area contributed by atoms with E-state index in [9.17, 15) is 29.4 Å². The number of carboxylic acid groups (broad SMARTS) is 2. The average molecular weight is 1030 g/mol. The number of carbonyl (C=O) groups excluding carboxylic acids is 4. The van der Waals surface area contributed by atoms with Gasteiger partial charge in [0, 0.05) is 38.6 Å². The maximum atomic E-state index is 11.0. The number of benzene rings is 2. The molecule has 2 aromatic carbocycles. The molecule has 0 saturated carbocycles. The van der Waals surface area contributed by atoms with Crippen molar-refractivity contribution in [2.75, 3.05) is 0 Å². The molecule has 0 saturated heterocycles. The van der Waals surface area contributed by atoms with Gasteiger partial charge < -0.3 is 38.7 Å². The summed E-state index contributed by atoms with van der Waals surface area (Å²) in [5.74, 6) is -3.19. The van der Waals surface area contributed by atoms with Crippen molar-refractivity contribution in [3.63, 3.8) is 0 Å². The Balaban J connectivity index is 0.00000124. The van der Waals surface area contributed by atoms with E-state index in [-0.39, 0.29) is 61.7 Å². The summed E-state index contributed by atoms with van der Waals surface area (Å²) in [5.41, 5.74) is 2.49. The summed E-state index contributed by atoms with van der Waals surface area (Å²) in [4.78, 5) is 43.5. The maximum Gasteiger partial charge on any atom is 2.00 e. The molecule has 0 bridgehead atoms. The monoisotopic (exact) mass is 1030 g/mol. The Morgan fingerprint density at radius 3 is 0.892 bits per heavy atom. The standard InChI is InChI=1S/2C27H44O5.Ba/c2*1-3-25(31-22-24-17-13-12-14-18-24)19-15-10-8-6-4-5-7-9-11-16-20-26(21-27(29)30)32-23(2)28;/h2*12-14,17-18,25-26H,3-11,15-16,19-22H2,1-2H3,(H,29,30);/q;;+2/p-2. The first-order valence-electron chi connectivity index (χ1n) is 25.1. The van der Waals surface area contributed by atoms with Crippen LogP contribution in [0.25, 0.3) is 0 Å². The Morgan fingerprint density at radius 1 is 0.415 bits per heavy atom. The van der Waals surface area contributed by atoms with Gasteiger partial charge in [-0.05, 0) is 62.5 Å². The van der Waals surface area contributed by atoms with Gasteiger partial charge in [0.1, 0.15) is 12.2 Å². The van der Waals surface area contributed by atoms with Gasteiger partial charge in [0.25, 0.3) is 0 Å². The summed E-state index contributed by atoms with van der Waals surface area (Å²) in [7, 11) is 0. The molecule has 4 unspecified atom stereocenters. The molecule has 0 aliphatic carbocycles. The number of carbonyl (C=O) groups is 4. The molecule has 0 spiro atoms. The summed E-state index contributed by atoms with van der Waals surface area (Å²) in [6, 6.07) is 20.8. The van der Waals surface area contributed by atoms with E-state index in [4.69, 9.17) is 18.9 Å². The molecule has 4 atom stereocenters. The number of esters is 2. The molecule has 0 amide bonds. The molecule has 364 valence electrons. The molecular formula is C54H86BaO10. The fourth-order valence-corrected chi connectivity index (χ4v) is 7.95. The molecule has 0 heterocycles. The van der Waals surface area contributed by atoms with E-state index in [0.29, 0.717) is 38.3 Å². The van der Waals surface area contributed by atoms with Crippen molar-refractivity contribution in [2.45, 2.75) is 245 Å². The number of rotatable bonds is 40. The van der Waals surface area contributed by atoms with Crippen LogP contribution in [0.5, 0.6) is 0 Å². The molecule has 65 heavy (non-hydrogen) atoms. The van der Waals surface area contributed by atoms with Crippen LogP contribution in [0.15, 0.2) is 60.7 Å². The topological polar surface area (TPSA) is 151 Å². The Labute approximate surface area is 434 Å². The van der Waals surface area contributed by atoms with Gasteiger partial charge in [0.2, 0.25) is 0 Å². The summed E-state index contributed by atoms with van der Waals surface area (Å²) < 4.78 is 22.2. The Kier molecular flexibility index (Phi) is 42.8. The fourth-order valence-electron chi connectivity index (χ4n) is 7.95. The predicted octanol–water partition coefficient (Wildman–Crippen LogP) is 11.1. The fraction of sp³-hybridized carbons (Fsp3) is 0.704. The Hall–Kier alpha value is -2.19. The number of aliphatic carboxylic acids is 2. The largest absolute Gasteiger partial charge is 2.00 e. The second-order valence-electron chi connectivity index (χ2n) is 17.5. The van der Waals surface area contributed by atoms with Crippen LogP contribution in [-0.2, 0) is 51.3 Å². The van der Waals surface area contributed by atoms with Crippen LogP contribution in [0.2, 0.25) is 0 Å². The van der Waals surface area contributed by atoms with Crippen LogP contribution in [0.4, 0.5) is 0 Å². The third-order valence-electron chi connectivity index (χ3n) is 11.6. The summed E-state index contributed by atoms with van der Waals surface area (Å²) in [6.45, 7) is 8.45. The van der Waals surface area contributed by atoms with Crippen molar-refractivity contribution in [1.29, 1.82) is 0 Å². The summed E-state index contributed by atoms with van der Waals surface area (Å²) >= 11 is 0. The molecule has 0 aliphatic rings. The number of carboxylic acids is 2. The number of hydrogen-bond donors (Lipinski definition) is 0. The van der Waals surface area contributed by atoms with E-state index in [1.165, 1.54) is 115 Å².